The molecule has 0 spiro atoms. The van der Waals surface area contributed by atoms with Crippen molar-refractivity contribution in [2.45, 2.75) is 39.2 Å². The minimum Gasteiger partial charge on any atom is -0.481 e. The Labute approximate surface area is 102 Å². The molecule has 0 saturated carbocycles. The summed E-state index contributed by atoms with van der Waals surface area (Å²) in [5.74, 6) is -0.698. The fraction of sp³-hybridized carbons (Fsp3) is 0.833. The molecule has 0 bridgehead atoms. The summed E-state index contributed by atoms with van der Waals surface area (Å²) < 4.78 is 0. The number of aliphatic carboxylic acids is 1. The zero-order valence-corrected chi connectivity index (χ0v) is 10.5. The molecule has 1 rings (SSSR count). The Kier molecular flexibility index (Phi) is 5.41. The van der Waals surface area contributed by atoms with E-state index in [-0.39, 0.29) is 24.2 Å². The number of carbonyl (C=O) groups excluding carboxylic acids is 1. The first-order chi connectivity index (χ1) is 7.99. The van der Waals surface area contributed by atoms with Gasteiger partial charge in [0.1, 0.15) is 0 Å². The van der Waals surface area contributed by atoms with Crippen molar-refractivity contribution in [3.63, 3.8) is 0 Å². The third-order valence-electron chi connectivity index (χ3n) is 3.14. The van der Waals surface area contributed by atoms with E-state index in [0.29, 0.717) is 12.6 Å². The first kappa shape index (κ1) is 14.0. The normalized spacial score (nSPS) is 26.2. The van der Waals surface area contributed by atoms with Gasteiger partial charge in [-0.3, -0.25) is 9.59 Å². The average Bonchev–Trinajstić information content (AvgIpc) is 2.25. The summed E-state index contributed by atoms with van der Waals surface area (Å²) in [7, 11) is 0. The first-order valence-electron chi connectivity index (χ1n) is 6.22. The topological polar surface area (TPSA) is 78.4 Å². The molecule has 0 aromatic rings. The highest BCUT2D eigenvalue weighted by Gasteiger charge is 2.24. The lowest BCUT2D eigenvalue weighted by Crippen LogP contribution is -2.43. The molecule has 1 saturated heterocycles. The van der Waals surface area contributed by atoms with Crippen LogP contribution in [0.3, 0.4) is 0 Å². The van der Waals surface area contributed by atoms with Crippen LogP contribution in [0.25, 0.3) is 0 Å². The van der Waals surface area contributed by atoms with Crippen LogP contribution in [0.4, 0.5) is 0 Å². The van der Waals surface area contributed by atoms with Gasteiger partial charge in [0.2, 0.25) is 5.91 Å². The molecule has 0 aromatic heterocycles. The maximum atomic E-state index is 11.8. The maximum Gasteiger partial charge on any atom is 0.303 e. The SMILES string of the molecule is CC(CNC(=O)C1CCNC(C)C1)CC(=O)O. The van der Waals surface area contributed by atoms with Gasteiger partial charge in [0, 0.05) is 24.9 Å². The Morgan fingerprint density at radius 1 is 1.53 bits per heavy atom. The Morgan fingerprint density at radius 2 is 2.24 bits per heavy atom. The second-order valence-electron chi connectivity index (χ2n) is 5.02. The number of rotatable bonds is 5. The molecule has 1 fully saturated rings. The Hall–Kier alpha value is -1.10. The molecule has 1 amide bonds. The van der Waals surface area contributed by atoms with E-state index in [4.69, 9.17) is 5.11 Å². The fourth-order valence-electron chi connectivity index (χ4n) is 2.16. The lowest BCUT2D eigenvalue weighted by molar-refractivity contribution is -0.138. The molecular weight excluding hydrogens is 220 g/mol. The van der Waals surface area contributed by atoms with Crippen molar-refractivity contribution in [1.29, 1.82) is 0 Å². The third kappa shape index (κ3) is 5.17. The van der Waals surface area contributed by atoms with Crippen LogP contribution in [0, 0.1) is 11.8 Å². The zero-order valence-electron chi connectivity index (χ0n) is 10.5. The highest BCUT2D eigenvalue weighted by Crippen LogP contribution is 2.16. The average molecular weight is 242 g/mol. The number of carboxylic acids is 1. The summed E-state index contributed by atoms with van der Waals surface area (Å²) in [6, 6.07) is 0.385. The van der Waals surface area contributed by atoms with E-state index in [2.05, 4.69) is 17.6 Å². The summed E-state index contributed by atoms with van der Waals surface area (Å²) >= 11 is 0. The van der Waals surface area contributed by atoms with Crippen LogP contribution in [0.1, 0.15) is 33.1 Å². The second-order valence-corrected chi connectivity index (χ2v) is 5.02. The lowest BCUT2D eigenvalue weighted by Gasteiger charge is -2.27. The van der Waals surface area contributed by atoms with Gasteiger partial charge in [0.25, 0.3) is 0 Å². The minimum atomic E-state index is -0.817. The van der Waals surface area contributed by atoms with Crippen LogP contribution in [-0.2, 0) is 9.59 Å². The smallest absolute Gasteiger partial charge is 0.303 e. The monoisotopic (exact) mass is 242 g/mol. The molecule has 17 heavy (non-hydrogen) atoms. The van der Waals surface area contributed by atoms with Crippen LogP contribution in [0.15, 0.2) is 0 Å². The Morgan fingerprint density at radius 3 is 2.82 bits per heavy atom. The molecule has 98 valence electrons. The van der Waals surface area contributed by atoms with Crippen molar-refractivity contribution in [2.75, 3.05) is 13.1 Å². The number of amides is 1. The molecule has 5 heteroatoms. The number of hydrogen-bond acceptors (Lipinski definition) is 3. The van der Waals surface area contributed by atoms with Crippen molar-refractivity contribution < 1.29 is 14.7 Å². The predicted molar refractivity (Wildman–Crippen MR) is 64.6 cm³/mol. The predicted octanol–water partition coefficient (Wildman–Crippen LogP) is 0.601. The molecule has 1 aliphatic rings. The first-order valence-corrected chi connectivity index (χ1v) is 6.22. The second kappa shape index (κ2) is 6.59. The van der Waals surface area contributed by atoms with E-state index in [1.54, 1.807) is 0 Å². The van der Waals surface area contributed by atoms with Crippen LogP contribution in [0.2, 0.25) is 0 Å². The highest BCUT2D eigenvalue weighted by atomic mass is 16.4. The summed E-state index contributed by atoms with van der Waals surface area (Å²) in [5, 5.41) is 14.8. The summed E-state index contributed by atoms with van der Waals surface area (Å²) in [6.45, 7) is 5.24. The van der Waals surface area contributed by atoms with E-state index in [0.717, 1.165) is 19.4 Å². The molecule has 0 radical (unpaired) electrons. The van der Waals surface area contributed by atoms with Crippen molar-refractivity contribution in [3.05, 3.63) is 0 Å². The molecule has 0 aliphatic carbocycles. The number of nitrogens with one attached hydrogen (secondary N) is 2. The summed E-state index contributed by atoms with van der Waals surface area (Å²) in [5.41, 5.74) is 0. The van der Waals surface area contributed by atoms with E-state index >= 15 is 0 Å². The Bertz CT molecular complexity index is 281. The molecule has 0 aromatic carbocycles. The van der Waals surface area contributed by atoms with Crippen LogP contribution in [-0.4, -0.2) is 36.1 Å². The van der Waals surface area contributed by atoms with Crippen molar-refractivity contribution >= 4 is 11.9 Å². The van der Waals surface area contributed by atoms with Crippen molar-refractivity contribution in [1.82, 2.24) is 10.6 Å². The molecular formula is C12H22N2O3. The number of carboxylic acid groups (broad SMARTS) is 1. The van der Waals surface area contributed by atoms with Gasteiger partial charge >= 0.3 is 5.97 Å². The molecule has 1 heterocycles. The third-order valence-corrected chi connectivity index (χ3v) is 3.14. The van der Waals surface area contributed by atoms with Gasteiger partial charge in [0.05, 0.1) is 0 Å². The van der Waals surface area contributed by atoms with Crippen molar-refractivity contribution in [2.24, 2.45) is 11.8 Å². The fourth-order valence-corrected chi connectivity index (χ4v) is 2.16. The van der Waals surface area contributed by atoms with E-state index in [1.165, 1.54) is 0 Å². The summed E-state index contributed by atoms with van der Waals surface area (Å²) in [4.78, 5) is 22.3. The van der Waals surface area contributed by atoms with Gasteiger partial charge < -0.3 is 15.7 Å². The van der Waals surface area contributed by atoms with Gasteiger partial charge in [-0.1, -0.05) is 6.92 Å². The highest BCUT2D eigenvalue weighted by molar-refractivity contribution is 5.78. The van der Waals surface area contributed by atoms with Gasteiger partial charge in [-0.15, -0.1) is 0 Å². The van der Waals surface area contributed by atoms with Gasteiger partial charge in [-0.2, -0.15) is 0 Å². The lowest BCUT2D eigenvalue weighted by atomic mass is 9.92. The van der Waals surface area contributed by atoms with Gasteiger partial charge in [-0.05, 0) is 32.2 Å². The number of piperidine rings is 1. The van der Waals surface area contributed by atoms with Crippen LogP contribution >= 0.6 is 0 Å². The van der Waals surface area contributed by atoms with Gasteiger partial charge in [-0.25, -0.2) is 0 Å². The van der Waals surface area contributed by atoms with E-state index < -0.39 is 5.97 Å². The maximum absolute atomic E-state index is 11.8. The standard InChI is InChI=1S/C12H22N2O3/c1-8(5-11(15)16)7-14-12(17)10-3-4-13-9(2)6-10/h8-10,13H,3-7H2,1-2H3,(H,14,17)(H,15,16). The summed E-state index contributed by atoms with van der Waals surface area (Å²) in [6.07, 6.45) is 1.82. The van der Waals surface area contributed by atoms with E-state index in [9.17, 15) is 9.59 Å². The molecule has 1 aliphatic heterocycles. The van der Waals surface area contributed by atoms with E-state index in [1.807, 2.05) is 6.92 Å². The quantitative estimate of drug-likeness (QED) is 0.659. The largest absolute Gasteiger partial charge is 0.481 e. The number of hydrogen-bond donors (Lipinski definition) is 3. The number of carbonyl (C=O) groups is 2. The van der Waals surface area contributed by atoms with Gasteiger partial charge in [0.15, 0.2) is 0 Å². The van der Waals surface area contributed by atoms with Crippen molar-refractivity contribution in [3.8, 4) is 0 Å². The molecule has 3 unspecified atom stereocenters. The van der Waals surface area contributed by atoms with Crippen LogP contribution in [0.5, 0.6) is 0 Å². The molecule has 3 N–H and O–H groups in total. The van der Waals surface area contributed by atoms with Crippen LogP contribution < -0.4 is 10.6 Å². The molecule has 3 atom stereocenters. The molecule has 5 nitrogen and oxygen atoms in total. The minimum absolute atomic E-state index is 0.0180. The Balaban J connectivity index is 2.26. The zero-order chi connectivity index (χ0) is 12.8.